The van der Waals surface area contributed by atoms with E-state index in [4.69, 9.17) is 4.42 Å². The van der Waals surface area contributed by atoms with Gasteiger partial charge in [0.15, 0.2) is 5.58 Å². The van der Waals surface area contributed by atoms with Crippen LogP contribution in [0.4, 0.5) is 17.1 Å². The van der Waals surface area contributed by atoms with Crippen LogP contribution in [0.2, 0.25) is 0 Å². The van der Waals surface area contributed by atoms with Gasteiger partial charge < -0.3 is 9.32 Å². The smallest absolute Gasteiger partial charge is 0.159 e. The number of rotatable bonds is 6. The molecule has 2 nitrogen and oxygen atoms in total. The summed E-state index contributed by atoms with van der Waals surface area (Å²) in [6.45, 7) is 4.70. The Kier molecular flexibility index (Phi) is 7.19. The molecule has 0 N–H and O–H groups in total. The van der Waals surface area contributed by atoms with Gasteiger partial charge in [0.25, 0.3) is 0 Å². The summed E-state index contributed by atoms with van der Waals surface area (Å²) in [4.78, 5) is 2.47. The molecule has 252 valence electrons. The summed E-state index contributed by atoms with van der Waals surface area (Å²) in [6.07, 6.45) is 0. The van der Waals surface area contributed by atoms with E-state index in [0.717, 1.165) is 50.1 Å². The summed E-state index contributed by atoms with van der Waals surface area (Å²) in [7, 11) is 0. The Balaban J connectivity index is 1.33. The van der Waals surface area contributed by atoms with Crippen LogP contribution in [-0.2, 0) is 5.41 Å². The van der Waals surface area contributed by atoms with Gasteiger partial charge in [-0.25, -0.2) is 0 Å². The second-order valence-corrected chi connectivity index (χ2v) is 14.5. The number of nitrogens with zero attached hydrogens (tertiary/aromatic N) is 1. The van der Waals surface area contributed by atoms with Gasteiger partial charge in [-0.3, -0.25) is 0 Å². The standard InChI is InChI=1S/C51H37NO/c1-51(2)42-27-11-9-24-41(42)49-43(51)28-16-30-45(49)52(46-31-15-26-40-39-23-10-12-32-47(39)53-50(40)46)44-29-14-25-38(35-19-7-4-8-20-35)48(44)37-22-13-21-36(33-37)34-17-5-3-6-18-34/h3-33H,1-2H3. The first kappa shape index (κ1) is 31.1. The van der Waals surface area contributed by atoms with E-state index >= 15 is 0 Å². The molecule has 0 aliphatic heterocycles. The zero-order valence-corrected chi connectivity index (χ0v) is 29.8. The Hall–Kier alpha value is -6.64. The van der Waals surface area contributed by atoms with E-state index in [0.29, 0.717) is 0 Å². The van der Waals surface area contributed by atoms with Gasteiger partial charge in [-0.05, 0) is 74.8 Å². The van der Waals surface area contributed by atoms with Crippen LogP contribution in [0.3, 0.4) is 0 Å². The number of hydrogen-bond donors (Lipinski definition) is 0. The molecule has 0 fully saturated rings. The van der Waals surface area contributed by atoms with Crippen LogP contribution in [-0.4, -0.2) is 0 Å². The molecule has 0 bridgehead atoms. The van der Waals surface area contributed by atoms with E-state index < -0.39 is 0 Å². The van der Waals surface area contributed by atoms with Gasteiger partial charge in [0.1, 0.15) is 5.58 Å². The molecule has 10 rings (SSSR count). The molecule has 53 heavy (non-hydrogen) atoms. The summed E-state index contributed by atoms with van der Waals surface area (Å²) >= 11 is 0. The molecule has 0 spiro atoms. The Morgan fingerprint density at radius 1 is 0.396 bits per heavy atom. The lowest BCUT2D eigenvalue weighted by atomic mass is 9.82. The highest BCUT2D eigenvalue weighted by molar-refractivity contribution is 6.12. The maximum Gasteiger partial charge on any atom is 0.159 e. The first-order valence-corrected chi connectivity index (χ1v) is 18.4. The molecule has 0 atom stereocenters. The zero-order chi connectivity index (χ0) is 35.5. The third-order valence-corrected chi connectivity index (χ3v) is 11.1. The molecule has 1 aliphatic rings. The second-order valence-electron chi connectivity index (χ2n) is 14.5. The van der Waals surface area contributed by atoms with E-state index in [2.05, 4.69) is 201 Å². The maximum atomic E-state index is 6.83. The minimum absolute atomic E-state index is 0.155. The molecule has 0 unspecified atom stereocenters. The van der Waals surface area contributed by atoms with Gasteiger partial charge in [-0.1, -0.05) is 172 Å². The van der Waals surface area contributed by atoms with E-state index in [1.807, 2.05) is 6.07 Å². The van der Waals surface area contributed by atoms with Crippen molar-refractivity contribution in [2.45, 2.75) is 19.3 Å². The van der Waals surface area contributed by atoms with Gasteiger partial charge in [0.2, 0.25) is 0 Å². The lowest BCUT2D eigenvalue weighted by Gasteiger charge is -2.31. The fourth-order valence-corrected chi connectivity index (χ4v) is 8.59. The Morgan fingerprint density at radius 3 is 1.77 bits per heavy atom. The number of fused-ring (bicyclic) bond motifs is 6. The average Bonchev–Trinajstić information content (AvgIpc) is 3.72. The van der Waals surface area contributed by atoms with Gasteiger partial charge in [0.05, 0.1) is 17.1 Å². The van der Waals surface area contributed by atoms with Crippen LogP contribution in [0.25, 0.3) is 66.4 Å². The van der Waals surface area contributed by atoms with Crippen molar-refractivity contribution < 1.29 is 4.42 Å². The molecule has 0 saturated heterocycles. The highest BCUT2D eigenvalue weighted by Crippen LogP contribution is 2.56. The molecular formula is C51H37NO. The summed E-state index contributed by atoms with van der Waals surface area (Å²) in [5, 5.41) is 2.21. The Labute approximate surface area is 310 Å². The molecule has 8 aromatic carbocycles. The van der Waals surface area contributed by atoms with Crippen LogP contribution in [0.1, 0.15) is 25.0 Å². The highest BCUT2D eigenvalue weighted by Gasteiger charge is 2.38. The molecular weight excluding hydrogens is 643 g/mol. The van der Waals surface area contributed by atoms with E-state index in [1.165, 1.54) is 44.5 Å². The number of para-hydroxylation sites is 2. The predicted molar refractivity (Wildman–Crippen MR) is 222 cm³/mol. The molecule has 0 radical (unpaired) electrons. The topological polar surface area (TPSA) is 16.4 Å². The van der Waals surface area contributed by atoms with Crippen molar-refractivity contribution in [1.82, 2.24) is 0 Å². The zero-order valence-electron chi connectivity index (χ0n) is 29.8. The highest BCUT2D eigenvalue weighted by atomic mass is 16.3. The largest absolute Gasteiger partial charge is 0.454 e. The van der Waals surface area contributed by atoms with Gasteiger partial charge in [-0.2, -0.15) is 0 Å². The van der Waals surface area contributed by atoms with Crippen molar-refractivity contribution >= 4 is 39.0 Å². The molecule has 1 aromatic heterocycles. The fraction of sp³-hybridized carbons (Fsp3) is 0.0588. The lowest BCUT2D eigenvalue weighted by Crippen LogP contribution is -2.16. The third kappa shape index (κ3) is 4.94. The van der Waals surface area contributed by atoms with Crippen LogP contribution in [0.5, 0.6) is 0 Å². The third-order valence-electron chi connectivity index (χ3n) is 11.1. The number of hydrogen-bond acceptors (Lipinski definition) is 2. The minimum Gasteiger partial charge on any atom is -0.454 e. The molecule has 1 aliphatic carbocycles. The van der Waals surface area contributed by atoms with Gasteiger partial charge >= 0.3 is 0 Å². The first-order chi connectivity index (χ1) is 26.1. The van der Waals surface area contributed by atoms with Crippen molar-refractivity contribution in [2.24, 2.45) is 0 Å². The SMILES string of the molecule is CC1(C)c2ccccc2-c2c(N(c3cccc(-c4ccccc4)c3-c3cccc(-c4ccccc4)c3)c3cccc4c3oc3ccccc34)cccc21. The van der Waals surface area contributed by atoms with E-state index in [-0.39, 0.29) is 5.41 Å². The number of anilines is 3. The van der Waals surface area contributed by atoms with Crippen molar-refractivity contribution in [3.63, 3.8) is 0 Å². The van der Waals surface area contributed by atoms with Crippen molar-refractivity contribution in [3.05, 3.63) is 199 Å². The molecule has 1 heterocycles. The monoisotopic (exact) mass is 679 g/mol. The Bertz CT molecular complexity index is 2810. The fourth-order valence-electron chi connectivity index (χ4n) is 8.59. The summed E-state index contributed by atoms with van der Waals surface area (Å²) in [6, 6.07) is 67.8. The van der Waals surface area contributed by atoms with Gasteiger partial charge in [-0.15, -0.1) is 0 Å². The minimum atomic E-state index is -0.155. The molecule has 0 saturated carbocycles. The van der Waals surface area contributed by atoms with Crippen LogP contribution in [0, 0.1) is 0 Å². The van der Waals surface area contributed by atoms with E-state index in [9.17, 15) is 0 Å². The normalized spacial score (nSPS) is 12.9. The van der Waals surface area contributed by atoms with Crippen LogP contribution in [0.15, 0.2) is 192 Å². The summed E-state index contributed by atoms with van der Waals surface area (Å²) < 4.78 is 6.83. The molecule has 0 amide bonds. The number of furan rings is 1. The first-order valence-electron chi connectivity index (χ1n) is 18.4. The molecule has 2 heteroatoms. The summed E-state index contributed by atoms with van der Waals surface area (Å²) in [5.41, 5.74) is 17.0. The lowest BCUT2D eigenvalue weighted by molar-refractivity contribution is 0.660. The summed E-state index contributed by atoms with van der Waals surface area (Å²) in [5.74, 6) is 0. The van der Waals surface area contributed by atoms with Gasteiger partial charge in [0, 0.05) is 27.3 Å². The van der Waals surface area contributed by atoms with E-state index in [1.54, 1.807) is 0 Å². The average molecular weight is 680 g/mol. The van der Waals surface area contributed by atoms with Crippen LogP contribution >= 0.6 is 0 Å². The van der Waals surface area contributed by atoms with Crippen molar-refractivity contribution in [2.75, 3.05) is 4.90 Å². The van der Waals surface area contributed by atoms with Crippen molar-refractivity contribution in [1.29, 1.82) is 0 Å². The number of benzene rings is 8. The molecule has 9 aromatic rings. The maximum absolute atomic E-state index is 6.83. The Morgan fingerprint density at radius 2 is 0.943 bits per heavy atom. The second kappa shape index (κ2) is 12.3. The van der Waals surface area contributed by atoms with Crippen LogP contribution < -0.4 is 4.90 Å². The van der Waals surface area contributed by atoms with Crippen molar-refractivity contribution in [3.8, 4) is 44.5 Å². The quantitative estimate of drug-likeness (QED) is 0.174. The predicted octanol–water partition coefficient (Wildman–Crippen LogP) is 14.4.